The van der Waals surface area contributed by atoms with Crippen molar-refractivity contribution < 1.29 is 29.6 Å². The fraction of sp³-hybridized carbons (Fsp3) is 0.543. The Balaban J connectivity index is 1.11. The molecule has 218 valence electrons. The largest absolute Gasteiger partial charge is 0.512 e. The second kappa shape index (κ2) is 11.6. The van der Waals surface area contributed by atoms with Crippen molar-refractivity contribution in [1.82, 2.24) is 0 Å². The highest BCUT2D eigenvalue weighted by Crippen LogP contribution is 2.61. The van der Waals surface area contributed by atoms with Crippen molar-refractivity contribution in [3.05, 3.63) is 72.0 Å². The molecule has 6 nitrogen and oxygen atoms in total. The lowest BCUT2D eigenvalue weighted by Crippen LogP contribution is -2.45. The van der Waals surface area contributed by atoms with Gasteiger partial charge in [0.1, 0.15) is 6.10 Å². The molecule has 5 aliphatic rings. The lowest BCUT2D eigenvalue weighted by atomic mass is 9.48. The first-order chi connectivity index (χ1) is 19.8. The fourth-order valence-electron chi connectivity index (χ4n) is 9.16. The molecule has 4 bridgehead atoms. The number of aliphatic hydroxyl groups is 2. The van der Waals surface area contributed by atoms with Gasteiger partial charge in [-0.3, -0.25) is 4.79 Å². The van der Waals surface area contributed by atoms with Crippen LogP contribution in [0.4, 0.5) is 0 Å². The number of carboxylic acids is 1. The zero-order valence-electron chi connectivity index (χ0n) is 23.7. The third-order valence-corrected chi connectivity index (χ3v) is 10.5. The van der Waals surface area contributed by atoms with Crippen LogP contribution >= 0.6 is 0 Å². The fourth-order valence-corrected chi connectivity index (χ4v) is 9.16. The van der Waals surface area contributed by atoms with Crippen LogP contribution in [0.1, 0.15) is 81.0 Å². The maximum Gasteiger partial charge on any atom is 0.338 e. The van der Waals surface area contributed by atoms with Crippen molar-refractivity contribution >= 4 is 11.9 Å². The summed E-state index contributed by atoms with van der Waals surface area (Å²) in [7, 11) is 0. The molecule has 7 rings (SSSR count). The van der Waals surface area contributed by atoms with Gasteiger partial charge in [-0.15, -0.1) is 0 Å². The van der Waals surface area contributed by atoms with Crippen LogP contribution in [0.5, 0.6) is 0 Å². The Labute approximate surface area is 242 Å². The molecule has 0 aromatic heterocycles. The smallest absolute Gasteiger partial charge is 0.338 e. The number of aliphatic hydroxyl groups excluding tert-OH is 2. The number of allylic oxidation sites excluding steroid dienone is 1. The number of hydrogen-bond acceptors (Lipinski definition) is 5. The van der Waals surface area contributed by atoms with Gasteiger partial charge in [0.05, 0.1) is 29.8 Å². The summed E-state index contributed by atoms with van der Waals surface area (Å²) in [5.74, 6) is -0.283. The minimum absolute atomic E-state index is 0.0375. The van der Waals surface area contributed by atoms with Gasteiger partial charge in [-0.25, -0.2) is 4.79 Å². The van der Waals surface area contributed by atoms with Gasteiger partial charge in [0.15, 0.2) is 0 Å². The minimum Gasteiger partial charge on any atom is -0.512 e. The summed E-state index contributed by atoms with van der Waals surface area (Å²) in [4.78, 5) is 24.7. The van der Waals surface area contributed by atoms with Crippen molar-refractivity contribution in [1.29, 1.82) is 0 Å². The Bertz CT molecular complexity index is 1230. The van der Waals surface area contributed by atoms with Crippen LogP contribution in [0.25, 0.3) is 11.1 Å². The molecule has 0 saturated heterocycles. The molecule has 41 heavy (non-hydrogen) atoms. The first-order valence-electron chi connectivity index (χ1n) is 15.4. The van der Waals surface area contributed by atoms with E-state index in [0.29, 0.717) is 17.4 Å². The summed E-state index contributed by atoms with van der Waals surface area (Å²) in [6.07, 6.45) is 11.0. The second-order valence-corrected chi connectivity index (χ2v) is 13.4. The van der Waals surface area contributed by atoms with E-state index in [9.17, 15) is 24.9 Å². The van der Waals surface area contributed by atoms with E-state index in [1.165, 1.54) is 44.9 Å². The molecule has 2 aromatic rings. The summed E-state index contributed by atoms with van der Waals surface area (Å²) >= 11 is 0. The maximum atomic E-state index is 13.1. The van der Waals surface area contributed by atoms with E-state index in [1.807, 2.05) is 42.5 Å². The number of unbranched alkanes of at least 4 members (excludes halogenated alkanes) is 1. The highest BCUT2D eigenvalue weighted by molar-refractivity contribution is 5.90. The molecule has 2 aromatic carbocycles. The van der Waals surface area contributed by atoms with E-state index >= 15 is 0 Å². The Morgan fingerprint density at radius 2 is 1.46 bits per heavy atom. The molecule has 5 fully saturated rings. The lowest BCUT2D eigenvalue weighted by Gasteiger charge is -2.57. The zero-order valence-corrected chi connectivity index (χ0v) is 23.7. The van der Waals surface area contributed by atoms with Crippen molar-refractivity contribution in [3.63, 3.8) is 0 Å². The molecule has 5 aliphatic carbocycles. The molecule has 0 aliphatic heterocycles. The van der Waals surface area contributed by atoms with Crippen LogP contribution in [0.15, 0.2) is 66.4 Å². The number of benzene rings is 2. The van der Waals surface area contributed by atoms with Crippen molar-refractivity contribution in [2.45, 2.75) is 82.8 Å². The molecule has 0 amide bonds. The van der Waals surface area contributed by atoms with Crippen LogP contribution in [0, 0.1) is 35.0 Å². The van der Waals surface area contributed by atoms with Gasteiger partial charge in [0.2, 0.25) is 0 Å². The van der Waals surface area contributed by atoms with E-state index in [4.69, 9.17) is 4.74 Å². The Morgan fingerprint density at radius 1 is 0.854 bits per heavy atom. The van der Waals surface area contributed by atoms with Crippen molar-refractivity contribution in [2.24, 2.45) is 35.0 Å². The number of carboxylic acid groups (broad SMARTS) is 1. The summed E-state index contributed by atoms with van der Waals surface area (Å²) in [6.45, 7) is 0. The third kappa shape index (κ3) is 6.08. The van der Waals surface area contributed by atoms with Gasteiger partial charge in [-0.1, -0.05) is 42.5 Å². The highest BCUT2D eigenvalue weighted by atomic mass is 16.5. The first-order valence-corrected chi connectivity index (χ1v) is 15.4. The molecule has 0 heterocycles. The average molecular weight is 559 g/mol. The molecule has 6 heteroatoms. The molecule has 0 radical (unpaired) electrons. The van der Waals surface area contributed by atoms with Crippen LogP contribution in [0.2, 0.25) is 0 Å². The van der Waals surface area contributed by atoms with Gasteiger partial charge < -0.3 is 20.1 Å². The standard InChI is InChI=1S/C35H42O6/c36-29(8-4-5-13-35-19-22-14-23(20-35)16-24(15-22)21-35)33-28(17-32(38)39)30(37)18-31(33)41-34(40)27-11-9-26(10-12-27)25-6-2-1-3-7-25/h1-3,6-12,22-24,28,30-31,33,36-37H,4-5,13-21H2,(H,38,39)/t22?,23?,24?,28-,30-,31+,33-,35?/m0/s1. The monoisotopic (exact) mass is 558 g/mol. The van der Waals surface area contributed by atoms with E-state index < -0.39 is 36.0 Å². The Morgan fingerprint density at radius 3 is 2.07 bits per heavy atom. The molecule has 0 spiro atoms. The Kier molecular flexibility index (Phi) is 7.95. The average Bonchev–Trinajstić information content (AvgIpc) is 3.24. The first kappa shape index (κ1) is 28.0. The van der Waals surface area contributed by atoms with Crippen molar-refractivity contribution in [3.8, 4) is 11.1 Å². The number of carbonyl (C=O) groups excluding carboxylic acids is 1. The summed E-state index contributed by atoms with van der Waals surface area (Å²) in [6, 6.07) is 17.0. The van der Waals surface area contributed by atoms with Crippen molar-refractivity contribution in [2.75, 3.05) is 0 Å². The summed E-state index contributed by atoms with van der Waals surface area (Å²) in [5.41, 5.74) is 2.87. The predicted molar refractivity (Wildman–Crippen MR) is 156 cm³/mol. The third-order valence-electron chi connectivity index (χ3n) is 10.5. The van der Waals surface area contributed by atoms with Gasteiger partial charge >= 0.3 is 11.9 Å². The molecule has 5 saturated carbocycles. The quantitative estimate of drug-likeness (QED) is 0.162. The number of aliphatic carboxylic acids is 1. The number of ether oxygens (including phenoxy) is 1. The topological polar surface area (TPSA) is 104 Å². The van der Waals surface area contributed by atoms with Crippen LogP contribution in [-0.2, 0) is 9.53 Å². The Hall–Kier alpha value is -3.12. The van der Waals surface area contributed by atoms with Gasteiger partial charge in [-0.05, 0) is 110 Å². The highest BCUT2D eigenvalue weighted by Gasteiger charge is 2.50. The minimum atomic E-state index is -1.04. The lowest BCUT2D eigenvalue weighted by molar-refractivity contribution is -0.139. The van der Waals surface area contributed by atoms with E-state index in [0.717, 1.165) is 35.3 Å². The second-order valence-electron chi connectivity index (χ2n) is 13.4. The van der Waals surface area contributed by atoms with E-state index in [1.54, 1.807) is 18.2 Å². The maximum absolute atomic E-state index is 13.1. The zero-order chi connectivity index (χ0) is 28.6. The number of rotatable bonds is 10. The van der Waals surface area contributed by atoms with Crippen LogP contribution in [-0.4, -0.2) is 39.5 Å². The summed E-state index contributed by atoms with van der Waals surface area (Å²) < 4.78 is 5.84. The molecular weight excluding hydrogens is 516 g/mol. The normalized spacial score (nSPS) is 34.1. The van der Waals surface area contributed by atoms with E-state index in [-0.39, 0.29) is 18.6 Å². The summed E-state index contributed by atoms with van der Waals surface area (Å²) in [5, 5.41) is 31.4. The van der Waals surface area contributed by atoms with Gasteiger partial charge in [0, 0.05) is 12.3 Å². The van der Waals surface area contributed by atoms with Crippen LogP contribution < -0.4 is 0 Å². The van der Waals surface area contributed by atoms with Crippen LogP contribution in [0.3, 0.4) is 0 Å². The molecular formula is C35H42O6. The molecule has 0 unspecified atom stereocenters. The van der Waals surface area contributed by atoms with Gasteiger partial charge in [-0.2, -0.15) is 0 Å². The number of esters is 1. The number of carbonyl (C=O) groups is 2. The van der Waals surface area contributed by atoms with Gasteiger partial charge in [0.25, 0.3) is 0 Å². The number of hydrogen-bond donors (Lipinski definition) is 3. The molecule has 3 N–H and O–H groups in total. The predicted octanol–water partition coefficient (Wildman–Crippen LogP) is 7.18. The van der Waals surface area contributed by atoms with E-state index in [2.05, 4.69) is 0 Å². The molecule has 4 atom stereocenters. The SMILES string of the molecule is O=C(O)C[C@@H]1[C@@H](C(O)=CCCCC23CC4CC(CC(C4)C2)C3)[C@H](OC(=O)c2ccc(-c3ccccc3)cc2)C[C@@H]1O.